The first kappa shape index (κ1) is 24.2. The summed E-state index contributed by atoms with van der Waals surface area (Å²) >= 11 is 0. The van der Waals surface area contributed by atoms with E-state index in [4.69, 9.17) is 0 Å². The average Bonchev–Trinajstić information content (AvgIpc) is 3.31. The maximum atomic E-state index is 14.7. The fraction of sp³-hybridized carbons (Fsp3) is 0.240. The molecule has 0 saturated carbocycles. The van der Waals surface area contributed by atoms with E-state index < -0.39 is 23.7 Å². The molecular formula is C25H18F4N6O2. The van der Waals surface area contributed by atoms with Crippen LogP contribution in [0.2, 0.25) is 0 Å². The van der Waals surface area contributed by atoms with Crippen LogP contribution < -0.4 is 5.56 Å². The maximum Gasteiger partial charge on any atom is 0.451 e. The monoisotopic (exact) mass is 510 g/mol. The Hall–Kier alpha value is -4.53. The molecule has 0 bridgehead atoms. The highest BCUT2D eigenvalue weighted by atomic mass is 19.4. The van der Waals surface area contributed by atoms with Crippen LogP contribution in [-0.2, 0) is 25.7 Å². The van der Waals surface area contributed by atoms with Gasteiger partial charge in [-0.1, -0.05) is 12.0 Å². The number of rotatable bonds is 3. The zero-order valence-electron chi connectivity index (χ0n) is 19.4. The van der Waals surface area contributed by atoms with Gasteiger partial charge < -0.3 is 9.47 Å². The van der Waals surface area contributed by atoms with Gasteiger partial charge in [0.1, 0.15) is 5.82 Å². The third-order valence-corrected chi connectivity index (χ3v) is 6.06. The lowest BCUT2D eigenvalue weighted by Crippen LogP contribution is -2.39. The van der Waals surface area contributed by atoms with E-state index in [0.717, 1.165) is 10.6 Å². The molecule has 0 radical (unpaired) electrons. The quantitative estimate of drug-likeness (QED) is 0.337. The molecule has 188 valence electrons. The number of alkyl halides is 3. The van der Waals surface area contributed by atoms with Crippen LogP contribution in [0, 0.1) is 17.7 Å². The summed E-state index contributed by atoms with van der Waals surface area (Å²) in [5.74, 6) is 3.13. The lowest BCUT2D eigenvalue weighted by atomic mass is 10.0. The van der Waals surface area contributed by atoms with E-state index in [1.807, 2.05) is 0 Å². The minimum Gasteiger partial charge on any atom is -0.329 e. The summed E-state index contributed by atoms with van der Waals surface area (Å²) in [5.41, 5.74) is 1.16. The molecule has 12 heteroatoms. The van der Waals surface area contributed by atoms with E-state index in [0.29, 0.717) is 27.6 Å². The Labute approximate surface area is 206 Å². The number of aromatic amines is 1. The van der Waals surface area contributed by atoms with Crippen molar-refractivity contribution in [3.05, 3.63) is 86.6 Å². The summed E-state index contributed by atoms with van der Waals surface area (Å²) in [6.45, 7) is 1.23. The molecule has 0 aliphatic carbocycles. The summed E-state index contributed by atoms with van der Waals surface area (Å²) < 4.78 is 54.9. The molecule has 8 nitrogen and oxygen atoms in total. The molecular weight excluding hydrogens is 492 g/mol. The van der Waals surface area contributed by atoms with Crippen molar-refractivity contribution in [1.82, 2.24) is 29.9 Å². The van der Waals surface area contributed by atoms with Gasteiger partial charge in [0, 0.05) is 30.5 Å². The molecule has 1 amide bonds. The van der Waals surface area contributed by atoms with Gasteiger partial charge in [-0.15, -0.1) is 16.1 Å². The molecule has 37 heavy (non-hydrogen) atoms. The topological polar surface area (TPSA) is 96.8 Å². The number of benzene rings is 2. The number of H-pyrrole nitrogens is 1. The van der Waals surface area contributed by atoms with E-state index >= 15 is 0 Å². The zero-order valence-corrected chi connectivity index (χ0v) is 19.4. The maximum absolute atomic E-state index is 14.7. The summed E-state index contributed by atoms with van der Waals surface area (Å²) in [6.07, 6.45) is -4.48. The van der Waals surface area contributed by atoms with E-state index in [-0.39, 0.29) is 43.0 Å². The predicted molar refractivity (Wildman–Crippen MR) is 124 cm³/mol. The molecule has 2 aromatic heterocycles. The molecule has 2 aromatic carbocycles. The Balaban J connectivity index is 1.44. The molecule has 4 aromatic rings. The van der Waals surface area contributed by atoms with E-state index in [9.17, 15) is 27.2 Å². The van der Waals surface area contributed by atoms with Crippen molar-refractivity contribution < 1.29 is 22.4 Å². The van der Waals surface area contributed by atoms with E-state index in [1.54, 1.807) is 25.1 Å². The second-order valence-corrected chi connectivity index (χ2v) is 8.44. The predicted octanol–water partition coefficient (Wildman–Crippen LogP) is 3.29. The molecule has 0 fully saturated rings. The number of carbonyl (C=O) groups excluding carboxylic acids is 1. The van der Waals surface area contributed by atoms with Crippen molar-refractivity contribution in [3.8, 4) is 11.8 Å². The Kier molecular flexibility index (Phi) is 5.99. The van der Waals surface area contributed by atoms with Crippen LogP contribution in [0.15, 0.2) is 41.2 Å². The Bertz CT molecular complexity index is 1660. The zero-order chi connectivity index (χ0) is 26.3. The number of aromatic nitrogens is 5. The van der Waals surface area contributed by atoms with E-state index in [2.05, 4.69) is 32.2 Å². The normalized spacial score (nSPS) is 13.3. The smallest absolute Gasteiger partial charge is 0.329 e. The highest BCUT2D eigenvalue weighted by molar-refractivity contribution is 5.94. The third kappa shape index (κ3) is 4.55. The number of amides is 1. The first-order valence-electron chi connectivity index (χ1n) is 11.2. The van der Waals surface area contributed by atoms with Crippen LogP contribution in [-0.4, -0.2) is 42.3 Å². The van der Waals surface area contributed by atoms with E-state index in [1.165, 1.54) is 17.0 Å². The molecule has 1 aliphatic rings. The van der Waals surface area contributed by atoms with Gasteiger partial charge in [-0.25, -0.2) is 9.49 Å². The number of nitrogens with one attached hydrogen (secondary N) is 1. The van der Waals surface area contributed by atoms with Crippen molar-refractivity contribution in [3.63, 3.8) is 0 Å². The van der Waals surface area contributed by atoms with Gasteiger partial charge in [0.25, 0.3) is 11.5 Å². The second kappa shape index (κ2) is 9.16. The molecule has 0 atom stereocenters. The molecule has 1 N–H and O–H groups in total. The highest BCUT2D eigenvalue weighted by Gasteiger charge is 2.40. The van der Waals surface area contributed by atoms with Gasteiger partial charge >= 0.3 is 6.18 Å². The Morgan fingerprint density at radius 2 is 1.92 bits per heavy atom. The van der Waals surface area contributed by atoms with Gasteiger partial charge in [0.2, 0.25) is 5.82 Å². The van der Waals surface area contributed by atoms with Gasteiger partial charge in [0.15, 0.2) is 5.82 Å². The fourth-order valence-corrected chi connectivity index (χ4v) is 4.33. The van der Waals surface area contributed by atoms with Crippen LogP contribution in [0.3, 0.4) is 0 Å². The largest absolute Gasteiger partial charge is 0.451 e. The molecule has 1 aliphatic heterocycles. The van der Waals surface area contributed by atoms with Crippen molar-refractivity contribution in [2.45, 2.75) is 32.6 Å². The summed E-state index contributed by atoms with van der Waals surface area (Å²) in [5, 5.41) is 14.4. The van der Waals surface area contributed by atoms with Crippen LogP contribution >= 0.6 is 0 Å². The third-order valence-electron chi connectivity index (χ3n) is 6.06. The molecule has 5 rings (SSSR count). The van der Waals surface area contributed by atoms with Crippen molar-refractivity contribution in [2.75, 3.05) is 6.54 Å². The lowest BCUT2D eigenvalue weighted by molar-refractivity contribution is -0.147. The Morgan fingerprint density at radius 1 is 1.11 bits per heavy atom. The van der Waals surface area contributed by atoms with Gasteiger partial charge in [-0.05, 0) is 42.8 Å². The minimum absolute atomic E-state index is 0.0293. The van der Waals surface area contributed by atoms with Gasteiger partial charge in [0.05, 0.1) is 23.2 Å². The molecule has 0 spiro atoms. The van der Waals surface area contributed by atoms with Crippen molar-refractivity contribution in [2.24, 2.45) is 0 Å². The first-order chi connectivity index (χ1) is 17.7. The number of halogens is 4. The van der Waals surface area contributed by atoms with Gasteiger partial charge in [-0.3, -0.25) is 9.59 Å². The minimum atomic E-state index is -4.67. The van der Waals surface area contributed by atoms with Crippen LogP contribution in [0.4, 0.5) is 17.6 Å². The lowest BCUT2D eigenvalue weighted by Gasteiger charge is -2.28. The highest BCUT2D eigenvalue weighted by Crippen LogP contribution is 2.30. The summed E-state index contributed by atoms with van der Waals surface area (Å²) in [7, 11) is 0. The van der Waals surface area contributed by atoms with Crippen molar-refractivity contribution in [1.29, 1.82) is 0 Å². The summed E-state index contributed by atoms with van der Waals surface area (Å²) in [6, 6.07) is 9.16. The first-order valence-corrected chi connectivity index (χ1v) is 11.2. The van der Waals surface area contributed by atoms with Crippen LogP contribution in [0.25, 0.3) is 10.8 Å². The number of nitrogens with zero attached hydrogens (tertiary/aromatic N) is 5. The van der Waals surface area contributed by atoms with Crippen LogP contribution in [0.5, 0.6) is 0 Å². The van der Waals surface area contributed by atoms with Crippen LogP contribution in [0.1, 0.15) is 45.8 Å². The summed E-state index contributed by atoms with van der Waals surface area (Å²) in [4.78, 5) is 26.6. The molecule has 0 unspecified atom stereocenters. The fourth-order valence-electron chi connectivity index (χ4n) is 4.33. The Morgan fingerprint density at radius 3 is 2.68 bits per heavy atom. The average molecular weight is 510 g/mol. The number of hydrogen-bond acceptors (Lipinski definition) is 5. The van der Waals surface area contributed by atoms with Crippen molar-refractivity contribution >= 4 is 16.7 Å². The number of carbonyl (C=O) groups is 1. The number of hydrogen-bond donors (Lipinski definition) is 1. The number of fused-ring (bicyclic) bond motifs is 2. The molecule has 0 saturated heterocycles. The second-order valence-electron chi connectivity index (χ2n) is 8.44. The SMILES string of the molecule is CC#Cc1ccc2c(=O)[nH]nc(Cc3ccc(F)c(C(=O)N4CCn5c(nnc5C(F)(F)F)C4)c3)c2c1. The van der Waals surface area contributed by atoms with Gasteiger partial charge in [-0.2, -0.15) is 18.3 Å². The standard InChI is InChI=1S/C25H18F4N6O2/c1-2-3-14-4-6-16-17(10-14)20(30-32-22(16)36)12-15-5-7-19(26)18(11-15)23(37)34-8-9-35-21(13-34)31-33-24(35)25(27,28)29/h4-7,10-11H,8-9,12-13H2,1H3,(H,32,36). The molecule has 3 heterocycles.